The number of aliphatic hydroxyl groups is 1. The Labute approximate surface area is 53.6 Å². The van der Waals surface area contributed by atoms with Gasteiger partial charge in [-0.1, -0.05) is 13.8 Å². The highest BCUT2D eigenvalue weighted by Crippen LogP contribution is 2.32. The summed E-state index contributed by atoms with van der Waals surface area (Å²) in [5.41, 5.74) is -0.392. The van der Waals surface area contributed by atoms with Crippen molar-refractivity contribution < 1.29 is 14.6 Å². The number of carbonyl (C=O) groups excluding carboxylic acids is 1. The largest absolute Gasteiger partial charge is 0.447 e. The predicted octanol–water partition coefficient (Wildman–Crippen LogP) is -0.0697. The summed E-state index contributed by atoms with van der Waals surface area (Å²) in [5, 5.41) is 8.69. The molecule has 9 heavy (non-hydrogen) atoms. The van der Waals surface area contributed by atoms with Gasteiger partial charge in [-0.2, -0.15) is 0 Å². The zero-order valence-corrected chi connectivity index (χ0v) is 5.55. The van der Waals surface area contributed by atoms with Gasteiger partial charge >= 0.3 is 5.97 Å². The lowest BCUT2D eigenvalue weighted by Crippen LogP contribution is -2.24. The maximum atomic E-state index is 10.4. The summed E-state index contributed by atoms with van der Waals surface area (Å²) in [6.45, 7) is 3.58. The Bertz CT molecular complexity index is 139. The first kappa shape index (κ1) is 6.55. The quantitative estimate of drug-likeness (QED) is 0.532. The van der Waals surface area contributed by atoms with Crippen molar-refractivity contribution in [1.82, 2.24) is 0 Å². The van der Waals surface area contributed by atoms with Crippen molar-refractivity contribution in [2.45, 2.75) is 20.0 Å². The fourth-order valence-electron chi connectivity index (χ4n) is 0.644. The highest BCUT2D eigenvalue weighted by Gasteiger charge is 2.50. The van der Waals surface area contributed by atoms with E-state index in [0.717, 1.165) is 0 Å². The van der Waals surface area contributed by atoms with Gasteiger partial charge in [0.05, 0.1) is 6.61 Å². The first-order valence-corrected chi connectivity index (χ1v) is 2.89. The third kappa shape index (κ3) is 1.05. The Balaban J connectivity index is 2.51. The molecule has 52 valence electrons. The van der Waals surface area contributed by atoms with Crippen LogP contribution >= 0.6 is 0 Å². The second-order valence-corrected chi connectivity index (χ2v) is 2.96. The van der Waals surface area contributed by atoms with E-state index in [4.69, 9.17) is 5.11 Å². The van der Waals surface area contributed by atoms with Gasteiger partial charge in [0.2, 0.25) is 6.10 Å². The molecule has 0 radical (unpaired) electrons. The molecule has 3 nitrogen and oxygen atoms in total. The number of aliphatic hydroxyl groups excluding tert-OH is 1. The molecule has 1 fully saturated rings. The number of hydrogen-bond donors (Lipinski definition) is 1. The van der Waals surface area contributed by atoms with Gasteiger partial charge in [0.25, 0.3) is 0 Å². The molecule has 0 saturated carbocycles. The van der Waals surface area contributed by atoms with Crippen LogP contribution in [-0.4, -0.2) is 23.8 Å². The van der Waals surface area contributed by atoms with Crippen LogP contribution in [-0.2, 0) is 9.53 Å². The lowest BCUT2D eigenvalue weighted by atomic mass is 9.91. The van der Waals surface area contributed by atoms with Crippen LogP contribution in [0.5, 0.6) is 0 Å². The zero-order valence-electron chi connectivity index (χ0n) is 5.55. The van der Waals surface area contributed by atoms with Gasteiger partial charge in [-0.15, -0.1) is 0 Å². The van der Waals surface area contributed by atoms with Gasteiger partial charge in [0.15, 0.2) is 0 Å². The molecule has 0 bridgehead atoms. The Morgan fingerprint density at radius 3 is 2.33 bits per heavy atom. The van der Waals surface area contributed by atoms with E-state index < -0.39 is 5.41 Å². The standard InChI is InChI=1S/C6H10O3/c1-6(2,3-7)4-5(8)9-4/h4,7H,3H2,1-2H3/t4-/m0/s1. The van der Waals surface area contributed by atoms with Crippen LogP contribution in [0.3, 0.4) is 0 Å². The number of ether oxygens (including phenoxy) is 1. The summed E-state index contributed by atoms with van der Waals surface area (Å²) in [5.74, 6) is -0.200. The monoisotopic (exact) mass is 130 g/mol. The molecule has 1 aliphatic rings. The third-order valence-corrected chi connectivity index (χ3v) is 1.51. The average molecular weight is 130 g/mol. The molecule has 0 aromatic carbocycles. The molecular formula is C6H10O3. The molecule has 1 N–H and O–H groups in total. The topological polar surface area (TPSA) is 49.8 Å². The maximum absolute atomic E-state index is 10.4. The summed E-state index contributed by atoms with van der Waals surface area (Å²) in [7, 11) is 0. The molecule has 3 heteroatoms. The predicted molar refractivity (Wildman–Crippen MR) is 30.7 cm³/mol. The molecule has 0 amide bonds. The van der Waals surface area contributed by atoms with E-state index in [1.165, 1.54) is 0 Å². The smallest absolute Gasteiger partial charge is 0.348 e. The van der Waals surface area contributed by atoms with E-state index in [0.29, 0.717) is 0 Å². The van der Waals surface area contributed by atoms with Gasteiger partial charge in [-0.25, -0.2) is 4.79 Å². The number of carbonyl (C=O) groups is 1. The molecule has 1 atom stereocenters. The van der Waals surface area contributed by atoms with E-state index in [2.05, 4.69) is 4.74 Å². The SMILES string of the molecule is CC(C)(CO)[C@H]1OC1=O. The molecule has 0 aromatic heterocycles. The first-order valence-electron chi connectivity index (χ1n) is 2.89. The summed E-state index contributed by atoms with van der Waals surface area (Å²) in [6, 6.07) is 0. The van der Waals surface area contributed by atoms with Crippen molar-refractivity contribution in [1.29, 1.82) is 0 Å². The van der Waals surface area contributed by atoms with Crippen molar-refractivity contribution >= 4 is 5.97 Å². The third-order valence-electron chi connectivity index (χ3n) is 1.51. The molecule has 0 aromatic rings. The molecule has 0 aliphatic carbocycles. The number of epoxide rings is 1. The lowest BCUT2D eigenvalue weighted by molar-refractivity contribution is -0.117. The van der Waals surface area contributed by atoms with Crippen LogP contribution in [0, 0.1) is 5.41 Å². The minimum absolute atomic E-state index is 0.0105. The van der Waals surface area contributed by atoms with Gasteiger partial charge < -0.3 is 9.84 Å². The van der Waals surface area contributed by atoms with E-state index in [-0.39, 0.29) is 18.7 Å². The number of hydrogen-bond acceptors (Lipinski definition) is 3. The highest BCUT2D eigenvalue weighted by molar-refractivity contribution is 5.88. The van der Waals surface area contributed by atoms with Crippen LogP contribution in [0.25, 0.3) is 0 Å². The van der Waals surface area contributed by atoms with E-state index in [1.807, 2.05) is 0 Å². The minimum atomic E-state index is -0.392. The Morgan fingerprint density at radius 2 is 2.22 bits per heavy atom. The van der Waals surface area contributed by atoms with Crippen molar-refractivity contribution in [2.24, 2.45) is 5.41 Å². The summed E-state index contributed by atoms with van der Waals surface area (Å²) in [6.07, 6.45) is -0.359. The first-order chi connectivity index (χ1) is 4.08. The molecule has 0 unspecified atom stereocenters. The molecule has 1 heterocycles. The summed E-state index contributed by atoms with van der Waals surface area (Å²) < 4.78 is 4.57. The summed E-state index contributed by atoms with van der Waals surface area (Å²) in [4.78, 5) is 10.4. The molecule has 1 rings (SSSR count). The normalized spacial score (nSPS) is 25.7. The highest BCUT2D eigenvalue weighted by atomic mass is 16.6. The maximum Gasteiger partial charge on any atom is 0.348 e. The van der Waals surface area contributed by atoms with Crippen molar-refractivity contribution in [2.75, 3.05) is 6.61 Å². The van der Waals surface area contributed by atoms with E-state index in [9.17, 15) is 4.79 Å². The number of rotatable bonds is 2. The fraction of sp³-hybridized carbons (Fsp3) is 0.833. The molecule has 1 saturated heterocycles. The van der Waals surface area contributed by atoms with Crippen LogP contribution in [0.1, 0.15) is 13.8 Å². The van der Waals surface area contributed by atoms with Crippen molar-refractivity contribution in [3.63, 3.8) is 0 Å². The minimum Gasteiger partial charge on any atom is -0.447 e. The van der Waals surface area contributed by atoms with Crippen molar-refractivity contribution in [3.05, 3.63) is 0 Å². The van der Waals surface area contributed by atoms with Gasteiger partial charge in [0.1, 0.15) is 0 Å². The van der Waals surface area contributed by atoms with E-state index in [1.54, 1.807) is 13.8 Å². The Kier molecular flexibility index (Phi) is 1.24. The van der Waals surface area contributed by atoms with E-state index >= 15 is 0 Å². The van der Waals surface area contributed by atoms with Gasteiger partial charge in [-0.3, -0.25) is 0 Å². The number of cyclic esters (lactones) is 1. The molecular weight excluding hydrogens is 120 g/mol. The lowest BCUT2D eigenvalue weighted by Gasteiger charge is -2.14. The second-order valence-electron chi connectivity index (χ2n) is 2.96. The van der Waals surface area contributed by atoms with Crippen LogP contribution < -0.4 is 0 Å². The van der Waals surface area contributed by atoms with Crippen LogP contribution in [0.15, 0.2) is 0 Å². The van der Waals surface area contributed by atoms with Crippen LogP contribution in [0.2, 0.25) is 0 Å². The van der Waals surface area contributed by atoms with Crippen molar-refractivity contribution in [3.8, 4) is 0 Å². The van der Waals surface area contributed by atoms with Gasteiger partial charge in [0, 0.05) is 5.41 Å². The van der Waals surface area contributed by atoms with Crippen LogP contribution in [0.4, 0.5) is 0 Å². The van der Waals surface area contributed by atoms with Gasteiger partial charge in [-0.05, 0) is 0 Å². The molecule has 0 spiro atoms. The average Bonchev–Trinajstić information content (AvgIpc) is 2.47. The Morgan fingerprint density at radius 1 is 1.78 bits per heavy atom. The Hall–Kier alpha value is -0.570. The fourth-order valence-corrected chi connectivity index (χ4v) is 0.644. The molecule has 1 aliphatic heterocycles. The summed E-state index contributed by atoms with van der Waals surface area (Å²) >= 11 is 0. The zero-order chi connectivity index (χ0) is 7.07. The second kappa shape index (κ2) is 1.70.